The van der Waals surface area contributed by atoms with Crippen LogP contribution in [0.2, 0.25) is 0 Å². The van der Waals surface area contributed by atoms with Crippen molar-refractivity contribution in [3.63, 3.8) is 0 Å². The van der Waals surface area contributed by atoms with Crippen molar-refractivity contribution in [3.05, 3.63) is 59.2 Å². The van der Waals surface area contributed by atoms with Gasteiger partial charge < -0.3 is 15.8 Å². The Balaban J connectivity index is 2.10. The SMILES string of the molecule is COc1cc(N)ccc1C(=O)NCc1cccc(C#N)c1. The number of nitrogen functional groups attached to an aromatic ring is 1. The lowest BCUT2D eigenvalue weighted by Crippen LogP contribution is -2.23. The Labute approximate surface area is 123 Å². The number of hydrogen-bond acceptors (Lipinski definition) is 4. The highest BCUT2D eigenvalue weighted by Gasteiger charge is 2.12. The van der Waals surface area contributed by atoms with Crippen LogP contribution in [0, 0.1) is 11.3 Å². The van der Waals surface area contributed by atoms with Crippen molar-refractivity contribution in [2.75, 3.05) is 12.8 Å². The number of carbonyl (C=O) groups excluding carboxylic acids is 1. The van der Waals surface area contributed by atoms with Gasteiger partial charge in [-0.05, 0) is 29.8 Å². The van der Waals surface area contributed by atoms with Crippen LogP contribution in [0.4, 0.5) is 5.69 Å². The Kier molecular flexibility index (Phi) is 4.42. The van der Waals surface area contributed by atoms with Gasteiger partial charge in [-0.25, -0.2) is 0 Å². The van der Waals surface area contributed by atoms with E-state index in [1.807, 2.05) is 6.07 Å². The lowest BCUT2D eigenvalue weighted by molar-refractivity contribution is 0.0948. The third kappa shape index (κ3) is 3.51. The molecule has 0 unspecified atom stereocenters. The molecule has 2 rings (SSSR count). The standard InChI is InChI=1S/C16H15N3O2/c1-21-15-8-13(18)5-6-14(15)16(20)19-10-12-4-2-3-11(7-12)9-17/h2-8H,10,18H2,1H3,(H,19,20). The van der Waals surface area contributed by atoms with E-state index < -0.39 is 0 Å². The molecule has 21 heavy (non-hydrogen) atoms. The number of nitrogens with two attached hydrogens (primary N) is 1. The zero-order chi connectivity index (χ0) is 15.2. The van der Waals surface area contributed by atoms with Gasteiger partial charge in [0.15, 0.2) is 0 Å². The summed E-state index contributed by atoms with van der Waals surface area (Å²) < 4.78 is 5.15. The minimum atomic E-state index is -0.255. The molecule has 0 fully saturated rings. The first kappa shape index (κ1) is 14.4. The molecule has 0 radical (unpaired) electrons. The second-order valence-electron chi connectivity index (χ2n) is 4.45. The number of nitrogens with one attached hydrogen (secondary N) is 1. The van der Waals surface area contributed by atoms with Crippen LogP contribution in [0.25, 0.3) is 0 Å². The Morgan fingerprint density at radius 2 is 2.14 bits per heavy atom. The highest BCUT2D eigenvalue weighted by Crippen LogP contribution is 2.21. The largest absolute Gasteiger partial charge is 0.496 e. The van der Waals surface area contributed by atoms with Crippen molar-refractivity contribution < 1.29 is 9.53 Å². The van der Waals surface area contributed by atoms with Crippen LogP contribution in [0.1, 0.15) is 21.5 Å². The van der Waals surface area contributed by atoms with Gasteiger partial charge in [-0.2, -0.15) is 5.26 Å². The normalized spacial score (nSPS) is 9.71. The van der Waals surface area contributed by atoms with Crippen LogP contribution in [0.5, 0.6) is 5.75 Å². The van der Waals surface area contributed by atoms with Crippen molar-refractivity contribution in [2.45, 2.75) is 6.54 Å². The summed E-state index contributed by atoms with van der Waals surface area (Å²) in [6, 6.07) is 14.0. The quantitative estimate of drug-likeness (QED) is 0.840. The highest BCUT2D eigenvalue weighted by atomic mass is 16.5. The average Bonchev–Trinajstić information content (AvgIpc) is 2.52. The Morgan fingerprint density at radius 3 is 2.86 bits per heavy atom. The first-order valence-corrected chi connectivity index (χ1v) is 6.35. The van der Waals surface area contributed by atoms with Gasteiger partial charge in [0, 0.05) is 18.3 Å². The van der Waals surface area contributed by atoms with Crippen LogP contribution in [-0.2, 0) is 6.54 Å². The second kappa shape index (κ2) is 6.44. The number of nitrogens with zero attached hydrogens (tertiary/aromatic N) is 1. The smallest absolute Gasteiger partial charge is 0.255 e. The first-order valence-electron chi connectivity index (χ1n) is 6.35. The molecule has 0 bridgehead atoms. The van der Waals surface area contributed by atoms with E-state index in [1.165, 1.54) is 7.11 Å². The molecule has 0 aromatic heterocycles. The van der Waals surface area contributed by atoms with E-state index in [4.69, 9.17) is 15.7 Å². The molecule has 2 aromatic rings. The number of hydrogen-bond donors (Lipinski definition) is 2. The molecule has 0 atom stereocenters. The minimum absolute atomic E-state index is 0.255. The van der Waals surface area contributed by atoms with Crippen LogP contribution >= 0.6 is 0 Å². The third-order valence-corrected chi connectivity index (χ3v) is 2.98. The molecule has 0 saturated heterocycles. The molecular formula is C16H15N3O2. The summed E-state index contributed by atoms with van der Waals surface area (Å²) in [5, 5.41) is 11.6. The maximum Gasteiger partial charge on any atom is 0.255 e. The highest BCUT2D eigenvalue weighted by molar-refractivity contribution is 5.97. The van der Waals surface area contributed by atoms with Crippen molar-refractivity contribution in [2.24, 2.45) is 0 Å². The number of nitriles is 1. The molecule has 0 aliphatic heterocycles. The monoisotopic (exact) mass is 281 g/mol. The summed E-state index contributed by atoms with van der Waals surface area (Å²) >= 11 is 0. The summed E-state index contributed by atoms with van der Waals surface area (Å²) in [6.45, 7) is 0.335. The van der Waals surface area contributed by atoms with Gasteiger partial charge in [0.1, 0.15) is 5.75 Å². The summed E-state index contributed by atoms with van der Waals surface area (Å²) in [7, 11) is 1.49. The topological polar surface area (TPSA) is 88.1 Å². The molecule has 0 aliphatic carbocycles. The molecule has 0 heterocycles. The average molecular weight is 281 g/mol. The van der Waals surface area contributed by atoms with E-state index >= 15 is 0 Å². The number of benzene rings is 2. The third-order valence-electron chi connectivity index (χ3n) is 2.98. The maximum atomic E-state index is 12.2. The summed E-state index contributed by atoms with van der Waals surface area (Å²) in [5.74, 6) is 0.174. The van der Waals surface area contributed by atoms with Gasteiger partial charge in [0.2, 0.25) is 0 Å². The summed E-state index contributed by atoms with van der Waals surface area (Å²) in [6.07, 6.45) is 0. The molecule has 0 spiro atoms. The summed E-state index contributed by atoms with van der Waals surface area (Å²) in [5.41, 5.74) is 8.03. The molecule has 2 aromatic carbocycles. The van der Waals surface area contributed by atoms with Crippen LogP contribution in [0.15, 0.2) is 42.5 Å². The predicted octanol–water partition coefficient (Wildman–Crippen LogP) is 2.08. The van der Waals surface area contributed by atoms with Crippen molar-refractivity contribution >= 4 is 11.6 Å². The van der Waals surface area contributed by atoms with E-state index in [2.05, 4.69) is 11.4 Å². The Bertz CT molecular complexity index is 705. The van der Waals surface area contributed by atoms with E-state index in [0.717, 1.165) is 5.56 Å². The first-order chi connectivity index (χ1) is 10.1. The van der Waals surface area contributed by atoms with Gasteiger partial charge >= 0.3 is 0 Å². The minimum Gasteiger partial charge on any atom is -0.496 e. The van der Waals surface area contributed by atoms with Crippen molar-refractivity contribution in [1.29, 1.82) is 5.26 Å². The van der Waals surface area contributed by atoms with Crippen molar-refractivity contribution in [1.82, 2.24) is 5.32 Å². The molecular weight excluding hydrogens is 266 g/mol. The summed E-state index contributed by atoms with van der Waals surface area (Å²) in [4.78, 5) is 12.2. The van der Waals surface area contributed by atoms with Gasteiger partial charge in [0.25, 0.3) is 5.91 Å². The molecule has 5 nitrogen and oxygen atoms in total. The Hall–Kier alpha value is -3.00. The lowest BCUT2D eigenvalue weighted by Gasteiger charge is -2.10. The van der Waals surface area contributed by atoms with Crippen LogP contribution in [0.3, 0.4) is 0 Å². The fraction of sp³-hybridized carbons (Fsp3) is 0.125. The van der Waals surface area contributed by atoms with Crippen molar-refractivity contribution in [3.8, 4) is 11.8 Å². The van der Waals surface area contributed by atoms with Gasteiger partial charge in [-0.3, -0.25) is 4.79 Å². The molecule has 0 saturated carbocycles. The fourth-order valence-electron chi connectivity index (χ4n) is 1.92. The zero-order valence-corrected chi connectivity index (χ0v) is 11.6. The van der Waals surface area contributed by atoms with Gasteiger partial charge in [-0.1, -0.05) is 12.1 Å². The van der Waals surface area contributed by atoms with E-state index in [-0.39, 0.29) is 5.91 Å². The zero-order valence-electron chi connectivity index (χ0n) is 11.6. The number of ether oxygens (including phenoxy) is 1. The molecule has 1 amide bonds. The van der Waals surface area contributed by atoms with Crippen LogP contribution in [-0.4, -0.2) is 13.0 Å². The van der Waals surface area contributed by atoms with E-state index in [9.17, 15) is 4.79 Å². The Morgan fingerprint density at radius 1 is 1.33 bits per heavy atom. The molecule has 106 valence electrons. The molecule has 5 heteroatoms. The second-order valence-corrected chi connectivity index (χ2v) is 4.45. The van der Waals surface area contributed by atoms with Gasteiger partial charge in [-0.15, -0.1) is 0 Å². The fourth-order valence-corrected chi connectivity index (χ4v) is 1.92. The number of carbonyl (C=O) groups is 1. The number of methoxy groups -OCH3 is 1. The lowest BCUT2D eigenvalue weighted by atomic mass is 10.1. The predicted molar refractivity (Wildman–Crippen MR) is 79.7 cm³/mol. The number of amides is 1. The molecule has 3 N–H and O–H groups in total. The molecule has 0 aliphatic rings. The maximum absolute atomic E-state index is 12.2. The number of anilines is 1. The van der Waals surface area contributed by atoms with Crippen LogP contribution < -0.4 is 15.8 Å². The van der Waals surface area contributed by atoms with E-state index in [0.29, 0.717) is 29.1 Å². The van der Waals surface area contributed by atoms with Gasteiger partial charge in [0.05, 0.1) is 24.3 Å². The van der Waals surface area contributed by atoms with E-state index in [1.54, 1.807) is 36.4 Å². The number of rotatable bonds is 4.